The number of aryl methyl sites for hydroxylation is 2. The van der Waals surface area contributed by atoms with Crippen LogP contribution in [0.5, 0.6) is 5.75 Å². The summed E-state index contributed by atoms with van der Waals surface area (Å²) in [4.78, 5) is 14.7. The fourth-order valence-corrected chi connectivity index (χ4v) is 5.28. The number of nitrogens with zero attached hydrogens (tertiary/aromatic N) is 1. The third kappa shape index (κ3) is 4.31. The third-order valence-corrected chi connectivity index (χ3v) is 7.26. The van der Waals surface area contributed by atoms with E-state index in [1.54, 1.807) is 48.2 Å². The molecule has 0 unspecified atom stereocenters. The highest BCUT2D eigenvalue weighted by molar-refractivity contribution is 7.92. The minimum atomic E-state index is -3.93. The minimum Gasteiger partial charge on any atom is -0.495 e. The maximum absolute atomic E-state index is 13.1. The Bertz CT molecular complexity index is 1280. The van der Waals surface area contributed by atoms with Crippen LogP contribution in [0.4, 0.5) is 11.4 Å². The number of fused-ring (bicyclic) bond motifs is 1. The van der Waals surface area contributed by atoms with Crippen LogP contribution in [0.25, 0.3) is 0 Å². The van der Waals surface area contributed by atoms with Crippen LogP contribution in [0.3, 0.4) is 0 Å². The molecular formula is C24H23ClN2O4S. The molecule has 8 heteroatoms. The zero-order valence-electron chi connectivity index (χ0n) is 17.8. The Hall–Kier alpha value is -3.03. The standard InChI is InChI=1S/C24H23ClN2O4S/c1-16-13-22(31-2)23(15-20(16)25)32(29,30)26-19-10-11-21-18(14-19)9-6-12-27(21)24(28)17-7-4-3-5-8-17/h3-5,7-8,10-11,13-15,26H,6,9,12H2,1-2H3. The summed E-state index contributed by atoms with van der Waals surface area (Å²) in [5.41, 5.74) is 3.46. The second kappa shape index (κ2) is 8.84. The van der Waals surface area contributed by atoms with Crippen LogP contribution in [0, 0.1) is 6.92 Å². The van der Waals surface area contributed by atoms with Crippen LogP contribution in [0.2, 0.25) is 5.02 Å². The first kappa shape index (κ1) is 22.2. The lowest BCUT2D eigenvalue weighted by atomic mass is 10.00. The average Bonchev–Trinajstić information content (AvgIpc) is 2.79. The van der Waals surface area contributed by atoms with Crippen LogP contribution in [-0.4, -0.2) is 28.0 Å². The number of carbonyl (C=O) groups is 1. The van der Waals surface area contributed by atoms with E-state index in [0.717, 1.165) is 29.7 Å². The first-order chi connectivity index (χ1) is 15.3. The first-order valence-corrected chi connectivity index (χ1v) is 12.0. The molecule has 3 aromatic rings. The molecule has 4 rings (SSSR count). The van der Waals surface area contributed by atoms with Crippen molar-refractivity contribution in [3.63, 3.8) is 0 Å². The number of methoxy groups -OCH3 is 1. The Balaban J connectivity index is 1.64. The van der Waals surface area contributed by atoms with E-state index in [1.807, 2.05) is 18.2 Å². The van der Waals surface area contributed by atoms with Gasteiger partial charge in [0, 0.05) is 28.5 Å². The molecule has 0 radical (unpaired) electrons. The molecule has 0 saturated heterocycles. The highest BCUT2D eigenvalue weighted by atomic mass is 35.5. The molecule has 1 amide bonds. The summed E-state index contributed by atoms with van der Waals surface area (Å²) >= 11 is 6.16. The molecule has 3 aromatic carbocycles. The zero-order chi connectivity index (χ0) is 22.9. The van der Waals surface area contributed by atoms with Gasteiger partial charge in [0.05, 0.1) is 7.11 Å². The fraction of sp³-hybridized carbons (Fsp3) is 0.208. The number of benzene rings is 3. The highest BCUT2D eigenvalue weighted by Crippen LogP contribution is 2.34. The Kier molecular flexibility index (Phi) is 6.13. The molecule has 1 aliphatic rings. The van der Waals surface area contributed by atoms with Gasteiger partial charge in [-0.15, -0.1) is 0 Å². The van der Waals surface area contributed by atoms with E-state index in [-0.39, 0.29) is 16.6 Å². The molecule has 166 valence electrons. The molecule has 0 saturated carbocycles. The average molecular weight is 471 g/mol. The summed E-state index contributed by atoms with van der Waals surface area (Å²) < 4.78 is 34.0. The van der Waals surface area contributed by atoms with Crippen molar-refractivity contribution >= 4 is 38.9 Å². The van der Waals surface area contributed by atoms with Crippen molar-refractivity contribution in [1.82, 2.24) is 0 Å². The van der Waals surface area contributed by atoms with Gasteiger partial charge in [-0.05, 0) is 73.4 Å². The topological polar surface area (TPSA) is 75.7 Å². The monoisotopic (exact) mass is 470 g/mol. The molecule has 0 fully saturated rings. The number of ether oxygens (including phenoxy) is 1. The van der Waals surface area contributed by atoms with E-state index in [1.165, 1.54) is 13.2 Å². The summed E-state index contributed by atoms with van der Waals surface area (Å²) in [7, 11) is -2.52. The van der Waals surface area contributed by atoms with E-state index in [9.17, 15) is 13.2 Å². The number of carbonyl (C=O) groups excluding carboxylic acids is 1. The van der Waals surface area contributed by atoms with Gasteiger partial charge >= 0.3 is 0 Å². The van der Waals surface area contributed by atoms with E-state index in [2.05, 4.69) is 4.72 Å². The quantitative estimate of drug-likeness (QED) is 0.566. The van der Waals surface area contributed by atoms with Gasteiger partial charge in [0.15, 0.2) is 0 Å². The Morgan fingerprint density at radius 2 is 1.84 bits per heavy atom. The summed E-state index contributed by atoms with van der Waals surface area (Å²) in [6.07, 6.45) is 1.55. The van der Waals surface area contributed by atoms with E-state index in [4.69, 9.17) is 16.3 Å². The number of rotatable bonds is 5. The lowest BCUT2D eigenvalue weighted by Gasteiger charge is -2.30. The SMILES string of the molecule is COc1cc(C)c(Cl)cc1S(=O)(=O)Nc1ccc2c(c1)CCCN2C(=O)c1ccccc1. The summed E-state index contributed by atoms with van der Waals surface area (Å²) in [5, 5.41) is 0.340. The van der Waals surface area contributed by atoms with Crippen molar-refractivity contribution in [2.24, 2.45) is 0 Å². The molecule has 1 heterocycles. The minimum absolute atomic E-state index is 0.0331. The molecule has 6 nitrogen and oxygen atoms in total. The van der Waals surface area contributed by atoms with E-state index >= 15 is 0 Å². The lowest BCUT2D eigenvalue weighted by molar-refractivity contribution is 0.0985. The Labute approximate surface area is 192 Å². The first-order valence-electron chi connectivity index (χ1n) is 10.2. The number of hydrogen-bond donors (Lipinski definition) is 1. The maximum Gasteiger partial charge on any atom is 0.265 e. The van der Waals surface area contributed by atoms with Crippen LogP contribution in [-0.2, 0) is 16.4 Å². The Morgan fingerprint density at radius 3 is 2.56 bits per heavy atom. The van der Waals surface area contributed by atoms with Crippen molar-refractivity contribution < 1.29 is 17.9 Å². The van der Waals surface area contributed by atoms with Crippen LogP contribution < -0.4 is 14.4 Å². The largest absolute Gasteiger partial charge is 0.495 e. The van der Waals surface area contributed by atoms with E-state index in [0.29, 0.717) is 22.8 Å². The van der Waals surface area contributed by atoms with Gasteiger partial charge in [-0.2, -0.15) is 0 Å². The van der Waals surface area contributed by atoms with Crippen molar-refractivity contribution in [1.29, 1.82) is 0 Å². The molecule has 0 spiro atoms. The highest BCUT2D eigenvalue weighted by Gasteiger charge is 2.25. The van der Waals surface area contributed by atoms with Crippen LogP contribution >= 0.6 is 11.6 Å². The fourth-order valence-electron chi connectivity index (χ4n) is 3.82. The van der Waals surface area contributed by atoms with Gasteiger partial charge in [0.25, 0.3) is 15.9 Å². The molecule has 0 atom stereocenters. The maximum atomic E-state index is 13.1. The smallest absolute Gasteiger partial charge is 0.265 e. The van der Waals surface area contributed by atoms with Crippen molar-refractivity contribution in [3.05, 3.63) is 82.4 Å². The van der Waals surface area contributed by atoms with Crippen molar-refractivity contribution in [2.75, 3.05) is 23.3 Å². The van der Waals surface area contributed by atoms with Gasteiger partial charge in [0.1, 0.15) is 10.6 Å². The van der Waals surface area contributed by atoms with Gasteiger partial charge in [-0.25, -0.2) is 8.42 Å². The molecule has 0 aliphatic carbocycles. The van der Waals surface area contributed by atoms with Gasteiger partial charge < -0.3 is 9.64 Å². The molecule has 0 aromatic heterocycles. The molecule has 1 aliphatic heterocycles. The van der Waals surface area contributed by atoms with Gasteiger partial charge in [-0.3, -0.25) is 9.52 Å². The van der Waals surface area contributed by atoms with Crippen LogP contribution in [0.15, 0.2) is 65.6 Å². The summed E-state index contributed by atoms with van der Waals surface area (Å²) in [6, 6.07) is 17.3. The Morgan fingerprint density at radius 1 is 1.09 bits per heavy atom. The third-order valence-electron chi connectivity index (χ3n) is 5.45. The second-order valence-electron chi connectivity index (χ2n) is 7.63. The number of amides is 1. The zero-order valence-corrected chi connectivity index (χ0v) is 19.3. The van der Waals surface area contributed by atoms with Gasteiger partial charge in [-0.1, -0.05) is 29.8 Å². The lowest BCUT2D eigenvalue weighted by Crippen LogP contribution is -2.35. The number of nitrogens with one attached hydrogen (secondary N) is 1. The van der Waals surface area contributed by atoms with Gasteiger partial charge in [0.2, 0.25) is 0 Å². The number of anilines is 2. The number of hydrogen-bond acceptors (Lipinski definition) is 4. The van der Waals surface area contributed by atoms with Crippen molar-refractivity contribution in [2.45, 2.75) is 24.7 Å². The predicted molar refractivity (Wildman–Crippen MR) is 126 cm³/mol. The normalized spacial score (nSPS) is 13.4. The summed E-state index contributed by atoms with van der Waals surface area (Å²) in [5.74, 6) is 0.149. The van der Waals surface area contributed by atoms with E-state index < -0.39 is 10.0 Å². The number of sulfonamides is 1. The summed E-state index contributed by atoms with van der Waals surface area (Å²) in [6.45, 7) is 2.39. The number of halogens is 1. The molecule has 0 bridgehead atoms. The molecule has 32 heavy (non-hydrogen) atoms. The molecular weight excluding hydrogens is 448 g/mol. The predicted octanol–water partition coefficient (Wildman–Crippen LogP) is 5.05. The van der Waals surface area contributed by atoms with Crippen LogP contribution in [0.1, 0.15) is 27.9 Å². The second-order valence-corrected chi connectivity index (χ2v) is 9.69. The van der Waals surface area contributed by atoms with Crippen molar-refractivity contribution in [3.8, 4) is 5.75 Å². The molecule has 1 N–H and O–H groups in total.